The van der Waals surface area contributed by atoms with E-state index in [9.17, 15) is 0 Å². The molecule has 1 saturated carbocycles. The maximum Gasteiger partial charge on any atom is 0.319 e. The lowest BCUT2D eigenvalue weighted by Crippen LogP contribution is -2.31. The molecule has 2 N–H and O–H groups in total. The van der Waals surface area contributed by atoms with Gasteiger partial charge in [-0.25, -0.2) is 4.98 Å². The van der Waals surface area contributed by atoms with Crippen molar-refractivity contribution in [3.8, 4) is 11.9 Å². The minimum Gasteiger partial charge on any atom is -0.480 e. The highest BCUT2D eigenvalue weighted by Gasteiger charge is 2.24. The molecule has 1 heterocycles. The van der Waals surface area contributed by atoms with E-state index < -0.39 is 0 Å². The molecule has 5 nitrogen and oxygen atoms in total. The van der Waals surface area contributed by atoms with Crippen molar-refractivity contribution < 1.29 is 9.47 Å². The number of hydrogen-bond acceptors (Lipinski definition) is 5. The quantitative estimate of drug-likeness (QED) is 0.898. The molecule has 1 aliphatic carbocycles. The van der Waals surface area contributed by atoms with Crippen LogP contribution in [0, 0.1) is 11.8 Å². The second kappa shape index (κ2) is 7.05. The van der Waals surface area contributed by atoms with Gasteiger partial charge in [0.1, 0.15) is 0 Å². The van der Waals surface area contributed by atoms with E-state index in [0.29, 0.717) is 30.3 Å². The second-order valence-corrected chi connectivity index (χ2v) is 5.72. The molecule has 0 bridgehead atoms. The Morgan fingerprint density at radius 3 is 2.79 bits per heavy atom. The van der Waals surface area contributed by atoms with Crippen molar-refractivity contribution in [2.45, 2.75) is 25.7 Å². The number of methoxy groups -OCH3 is 1. The molecule has 0 radical (unpaired) electrons. The summed E-state index contributed by atoms with van der Waals surface area (Å²) in [7, 11) is 1.57. The fourth-order valence-electron chi connectivity index (χ4n) is 2.54. The molecule has 0 amide bonds. The van der Waals surface area contributed by atoms with Crippen LogP contribution in [-0.2, 0) is 0 Å². The van der Waals surface area contributed by atoms with Crippen LogP contribution in [0.15, 0.2) is 10.7 Å². The third-order valence-electron chi connectivity index (χ3n) is 3.68. The van der Waals surface area contributed by atoms with Gasteiger partial charge in [0, 0.05) is 0 Å². The van der Waals surface area contributed by atoms with Gasteiger partial charge in [-0.3, -0.25) is 0 Å². The summed E-state index contributed by atoms with van der Waals surface area (Å²) < 4.78 is 11.5. The van der Waals surface area contributed by atoms with Crippen molar-refractivity contribution in [3.05, 3.63) is 10.7 Å². The first-order valence-electron chi connectivity index (χ1n) is 6.64. The van der Waals surface area contributed by atoms with Gasteiger partial charge in [0.25, 0.3) is 0 Å². The smallest absolute Gasteiger partial charge is 0.319 e. The van der Waals surface area contributed by atoms with Crippen LogP contribution in [0.2, 0.25) is 0 Å². The predicted octanol–water partition coefficient (Wildman–Crippen LogP) is 2.39. The Labute approximate surface area is 122 Å². The van der Waals surface area contributed by atoms with Gasteiger partial charge in [0.2, 0.25) is 5.88 Å². The second-order valence-electron chi connectivity index (χ2n) is 4.86. The van der Waals surface area contributed by atoms with Gasteiger partial charge >= 0.3 is 6.01 Å². The molecule has 6 heteroatoms. The van der Waals surface area contributed by atoms with E-state index in [2.05, 4.69) is 25.9 Å². The summed E-state index contributed by atoms with van der Waals surface area (Å²) in [6.45, 7) is 1.37. The zero-order chi connectivity index (χ0) is 13.7. The molecule has 19 heavy (non-hydrogen) atoms. The molecule has 1 aromatic heterocycles. The number of nitrogens with two attached hydrogens (primary N) is 1. The van der Waals surface area contributed by atoms with Crippen LogP contribution in [0.4, 0.5) is 0 Å². The van der Waals surface area contributed by atoms with Gasteiger partial charge in [0.15, 0.2) is 0 Å². The molecular formula is C13H20BrN3O2. The van der Waals surface area contributed by atoms with E-state index in [-0.39, 0.29) is 0 Å². The topological polar surface area (TPSA) is 70.3 Å². The standard InChI is InChI=1S/C13H20BrN3O2/c1-18-12-11(14)7-16-13(17-12)19-8-10-5-3-2-4-9(10)6-15/h7,9-10H,2-6,8,15H2,1H3. The van der Waals surface area contributed by atoms with Crippen molar-refractivity contribution >= 4 is 15.9 Å². The average Bonchev–Trinajstić information content (AvgIpc) is 2.46. The minimum atomic E-state index is 0.362. The van der Waals surface area contributed by atoms with Crippen LogP contribution in [0.25, 0.3) is 0 Å². The van der Waals surface area contributed by atoms with E-state index in [1.807, 2.05) is 0 Å². The summed E-state index contributed by atoms with van der Waals surface area (Å²) in [5.74, 6) is 1.56. The molecular weight excluding hydrogens is 310 g/mol. The van der Waals surface area contributed by atoms with Crippen LogP contribution in [0.3, 0.4) is 0 Å². The molecule has 0 spiro atoms. The number of hydrogen-bond donors (Lipinski definition) is 1. The number of halogens is 1. The van der Waals surface area contributed by atoms with E-state index in [4.69, 9.17) is 15.2 Å². The van der Waals surface area contributed by atoms with Crippen LogP contribution in [0.1, 0.15) is 25.7 Å². The zero-order valence-electron chi connectivity index (χ0n) is 11.1. The lowest BCUT2D eigenvalue weighted by atomic mass is 9.80. The van der Waals surface area contributed by atoms with Crippen molar-refractivity contribution in [3.63, 3.8) is 0 Å². The number of rotatable bonds is 5. The Bertz CT molecular complexity index is 417. The number of ether oxygens (including phenoxy) is 2. The molecule has 106 valence electrons. The summed E-state index contributed by atoms with van der Waals surface area (Å²) in [5, 5.41) is 0. The van der Waals surface area contributed by atoms with Crippen molar-refractivity contribution in [1.29, 1.82) is 0 Å². The molecule has 1 aromatic rings. The SMILES string of the molecule is COc1nc(OCC2CCCCC2CN)ncc1Br. The molecule has 1 aliphatic rings. The predicted molar refractivity (Wildman–Crippen MR) is 76.3 cm³/mol. The molecule has 2 atom stereocenters. The largest absolute Gasteiger partial charge is 0.480 e. The Morgan fingerprint density at radius 2 is 2.11 bits per heavy atom. The third-order valence-corrected chi connectivity index (χ3v) is 4.22. The van der Waals surface area contributed by atoms with Gasteiger partial charge in [0.05, 0.1) is 24.4 Å². The highest BCUT2D eigenvalue weighted by Crippen LogP contribution is 2.30. The summed E-state index contributed by atoms with van der Waals surface area (Å²) in [5.41, 5.74) is 5.82. The van der Waals surface area contributed by atoms with E-state index >= 15 is 0 Å². The lowest BCUT2D eigenvalue weighted by Gasteiger charge is -2.30. The maximum absolute atomic E-state index is 5.82. The van der Waals surface area contributed by atoms with Crippen LogP contribution >= 0.6 is 15.9 Å². The third kappa shape index (κ3) is 3.79. The van der Waals surface area contributed by atoms with Crippen LogP contribution in [0.5, 0.6) is 11.9 Å². The number of aromatic nitrogens is 2. The van der Waals surface area contributed by atoms with Crippen molar-refractivity contribution in [2.75, 3.05) is 20.3 Å². The number of nitrogens with zero attached hydrogens (tertiary/aromatic N) is 2. The van der Waals surface area contributed by atoms with E-state index in [1.54, 1.807) is 13.3 Å². The normalized spacial score (nSPS) is 23.1. The minimum absolute atomic E-state index is 0.362. The fraction of sp³-hybridized carbons (Fsp3) is 0.692. The maximum atomic E-state index is 5.82. The van der Waals surface area contributed by atoms with E-state index in [1.165, 1.54) is 25.7 Å². The molecule has 0 aromatic carbocycles. The van der Waals surface area contributed by atoms with Crippen molar-refractivity contribution in [2.24, 2.45) is 17.6 Å². The first kappa shape index (κ1) is 14.5. The average molecular weight is 330 g/mol. The Kier molecular flexibility index (Phi) is 5.39. The molecule has 0 aliphatic heterocycles. The monoisotopic (exact) mass is 329 g/mol. The Morgan fingerprint density at radius 1 is 1.37 bits per heavy atom. The summed E-state index contributed by atoms with van der Waals surface area (Å²) in [6.07, 6.45) is 6.56. The Hall–Kier alpha value is -0.880. The van der Waals surface area contributed by atoms with Gasteiger partial charge in [-0.05, 0) is 47.2 Å². The van der Waals surface area contributed by atoms with Gasteiger partial charge < -0.3 is 15.2 Å². The van der Waals surface area contributed by atoms with Gasteiger partial charge in [-0.15, -0.1) is 0 Å². The first-order valence-corrected chi connectivity index (χ1v) is 7.43. The van der Waals surface area contributed by atoms with Gasteiger partial charge in [-0.1, -0.05) is 12.8 Å². The molecule has 2 rings (SSSR count). The van der Waals surface area contributed by atoms with Crippen LogP contribution in [-0.4, -0.2) is 30.2 Å². The fourth-order valence-corrected chi connectivity index (χ4v) is 2.90. The summed E-state index contributed by atoms with van der Waals surface area (Å²) >= 11 is 3.32. The molecule has 0 saturated heterocycles. The summed E-state index contributed by atoms with van der Waals surface area (Å²) in [4.78, 5) is 8.32. The highest BCUT2D eigenvalue weighted by atomic mass is 79.9. The van der Waals surface area contributed by atoms with Crippen molar-refractivity contribution in [1.82, 2.24) is 9.97 Å². The van der Waals surface area contributed by atoms with Gasteiger partial charge in [-0.2, -0.15) is 4.98 Å². The van der Waals surface area contributed by atoms with Crippen LogP contribution < -0.4 is 15.2 Å². The molecule has 1 fully saturated rings. The highest BCUT2D eigenvalue weighted by molar-refractivity contribution is 9.10. The zero-order valence-corrected chi connectivity index (χ0v) is 12.7. The summed E-state index contributed by atoms with van der Waals surface area (Å²) in [6, 6.07) is 0.362. The lowest BCUT2D eigenvalue weighted by molar-refractivity contribution is 0.144. The Balaban J connectivity index is 1.94. The first-order chi connectivity index (χ1) is 9.24. The molecule has 2 unspecified atom stereocenters. The van der Waals surface area contributed by atoms with E-state index in [0.717, 1.165) is 11.0 Å².